The van der Waals surface area contributed by atoms with Gasteiger partial charge in [0.2, 0.25) is 5.91 Å². The van der Waals surface area contributed by atoms with Crippen molar-refractivity contribution in [1.82, 2.24) is 20.7 Å². The number of carbonyl (C=O) groups is 2. The fourth-order valence-corrected chi connectivity index (χ4v) is 4.89. The molecule has 0 saturated carbocycles. The van der Waals surface area contributed by atoms with Gasteiger partial charge in [0.1, 0.15) is 9.88 Å². The van der Waals surface area contributed by atoms with Crippen molar-refractivity contribution < 1.29 is 9.59 Å². The molecule has 1 saturated heterocycles. The average Bonchev–Trinajstić information content (AvgIpc) is 3.49. The Kier molecular flexibility index (Phi) is 6.73. The molecule has 1 fully saturated rings. The lowest BCUT2D eigenvalue weighted by molar-refractivity contribution is -0.122. The van der Waals surface area contributed by atoms with Crippen molar-refractivity contribution in [2.75, 3.05) is 37.6 Å². The molecule has 30 heavy (non-hydrogen) atoms. The van der Waals surface area contributed by atoms with E-state index in [1.807, 2.05) is 23.6 Å². The lowest BCUT2D eigenvalue weighted by Gasteiger charge is -2.36. The Morgan fingerprint density at radius 2 is 1.80 bits per heavy atom. The number of hydrogen-bond acceptors (Lipinski definition) is 7. The van der Waals surface area contributed by atoms with Gasteiger partial charge >= 0.3 is 0 Å². The molecule has 7 nitrogen and oxygen atoms in total. The van der Waals surface area contributed by atoms with Crippen LogP contribution in [0.15, 0.2) is 54.0 Å². The van der Waals surface area contributed by atoms with Crippen molar-refractivity contribution >= 4 is 40.2 Å². The molecule has 0 atom stereocenters. The van der Waals surface area contributed by atoms with Crippen LogP contribution in [-0.4, -0.2) is 54.4 Å². The second-order valence-electron chi connectivity index (χ2n) is 6.92. The number of nitrogens with one attached hydrogen (secondary N) is 2. The molecule has 0 radical (unpaired) electrons. The normalized spacial score (nSPS) is 14.5. The topological polar surface area (TPSA) is 77.6 Å². The Morgan fingerprint density at radius 1 is 1.00 bits per heavy atom. The summed E-state index contributed by atoms with van der Waals surface area (Å²) in [5.74, 6) is -0.544. The first-order chi connectivity index (χ1) is 14.7. The monoisotopic (exact) mass is 441 g/mol. The van der Waals surface area contributed by atoms with E-state index in [4.69, 9.17) is 0 Å². The summed E-state index contributed by atoms with van der Waals surface area (Å²) in [6.07, 6.45) is 1.88. The van der Waals surface area contributed by atoms with Crippen LogP contribution < -0.4 is 15.8 Å². The fourth-order valence-electron chi connectivity index (χ4n) is 3.27. The molecular weight excluding hydrogens is 418 g/mol. The second-order valence-corrected chi connectivity index (χ2v) is 8.90. The number of piperazine rings is 1. The number of amides is 2. The fraction of sp³-hybridized carbons (Fsp3) is 0.286. The molecule has 1 aliphatic rings. The lowest BCUT2D eigenvalue weighted by atomic mass is 10.2. The Bertz CT molecular complexity index is 966. The minimum absolute atomic E-state index is 0.197. The maximum atomic E-state index is 12.2. The molecule has 3 aromatic rings. The number of benzene rings is 1. The molecule has 0 unspecified atom stereocenters. The summed E-state index contributed by atoms with van der Waals surface area (Å²) < 4.78 is 0. The number of hydrazine groups is 1. The number of thiazole rings is 1. The van der Waals surface area contributed by atoms with Gasteiger partial charge in [0.25, 0.3) is 5.91 Å². The largest absolute Gasteiger partial charge is 0.369 e. The third kappa shape index (κ3) is 5.24. The van der Waals surface area contributed by atoms with Crippen molar-refractivity contribution in [2.45, 2.75) is 6.42 Å². The minimum Gasteiger partial charge on any atom is -0.369 e. The van der Waals surface area contributed by atoms with Crippen molar-refractivity contribution in [3.8, 4) is 9.88 Å². The summed E-state index contributed by atoms with van der Waals surface area (Å²) in [7, 11) is 0. The van der Waals surface area contributed by atoms with E-state index >= 15 is 0 Å². The zero-order valence-electron chi connectivity index (χ0n) is 16.4. The predicted molar refractivity (Wildman–Crippen MR) is 121 cm³/mol. The number of thiophene rings is 1. The van der Waals surface area contributed by atoms with Gasteiger partial charge in [0, 0.05) is 44.8 Å². The first-order valence-corrected chi connectivity index (χ1v) is 11.5. The smallest absolute Gasteiger partial charge is 0.281 e. The molecular formula is C21H23N5O2S2. The molecule has 9 heteroatoms. The van der Waals surface area contributed by atoms with E-state index in [-0.39, 0.29) is 11.8 Å². The Hall–Kier alpha value is -2.75. The molecule has 156 valence electrons. The van der Waals surface area contributed by atoms with Crippen LogP contribution in [0.4, 0.5) is 5.69 Å². The number of aromatic nitrogens is 1. The van der Waals surface area contributed by atoms with Crippen molar-refractivity contribution in [1.29, 1.82) is 0 Å². The van der Waals surface area contributed by atoms with E-state index in [9.17, 15) is 9.59 Å². The first-order valence-electron chi connectivity index (χ1n) is 9.80. The zero-order valence-corrected chi connectivity index (χ0v) is 18.0. The molecule has 2 aromatic heterocycles. The van der Waals surface area contributed by atoms with E-state index in [2.05, 4.69) is 49.9 Å². The molecule has 1 aliphatic heterocycles. The van der Waals surface area contributed by atoms with Gasteiger partial charge in [0.05, 0.1) is 11.1 Å². The molecule has 0 spiro atoms. The van der Waals surface area contributed by atoms with Gasteiger partial charge in [-0.2, -0.15) is 0 Å². The van der Waals surface area contributed by atoms with Crippen LogP contribution in [0.2, 0.25) is 0 Å². The summed E-state index contributed by atoms with van der Waals surface area (Å²) in [6.45, 7) is 4.40. The second kappa shape index (κ2) is 9.84. The summed E-state index contributed by atoms with van der Waals surface area (Å²) in [5.41, 5.74) is 6.23. The highest BCUT2D eigenvalue weighted by atomic mass is 32.1. The van der Waals surface area contributed by atoms with Crippen LogP contribution in [0.1, 0.15) is 16.1 Å². The summed E-state index contributed by atoms with van der Waals surface area (Å²) in [5, 5.41) is 2.77. The van der Waals surface area contributed by atoms with E-state index in [0.717, 1.165) is 36.1 Å². The van der Waals surface area contributed by atoms with Crippen LogP contribution in [0.25, 0.3) is 9.88 Å². The number of nitrogens with zero attached hydrogens (tertiary/aromatic N) is 3. The van der Waals surface area contributed by atoms with Gasteiger partial charge in [0.15, 0.2) is 0 Å². The van der Waals surface area contributed by atoms with Crippen LogP contribution in [0.5, 0.6) is 0 Å². The van der Waals surface area contributed by atoms with Gasteiger partial charge in [-0.05, 0) is 23.6 Å². The number of rotatable bonds is 6. The van der Waals surface area contributed by atoms with E-state index in [1.54, 1.807) is 11.3 Å². The van der Waals surface area contributed by atoms with Gasteiger partial charge in [-0.3, -0.25) is 25.3 Å². The Morgan fingerprint density at radius 3 is 2.53 bits per heavy atom. The SMILES string of the molecule is O=C(CCN1CCN(c2ccccc2)CC1)NNC(=O)c1cnc(-c2cccs2)s1. The van der Waals surface area contributed by atoms with E-state index in [1.165, 1.54) is 23.2 Å². The van der Waals surface area contributed by atoms with Crippen LogP contribution >= 0.6 is 22.7 Å². The molecule has 2 amide bonds. The molecule has 3 heterocycles. The highest BCUT2D eigenvalue weighted by molar-refractivity contribution is 7.21. The van der Waals surface area contributed by atoms with Gasteiger partial charge in [-0.25, -0.2) is 4.98 Å². The lowest BCUT2D eigenvalue weighted by Crippen LogP contribution is -2.48. The quantitative estimate of drug-likeness (QED) is 0.575. The molecule has 4 rings (SSSR count). The minimum atomic E-state index is -0.347. The zero-order chi connectivity index (χ0) is 20.8. The highest BCUT2D eigenvalue weighted by Crippen LogP contribution is 2.28. The Balaban J connectivity index is 1.16. The van der Waals surface area contributed by atoms with Crippen molar-refractivity contribution in [3.63, 3.8) is 0 Å². The maximum Gasteiger partial charge on any atom is 0.281 e. The Labute approximate surface area is 183 Å². The van der Waals surface area contributed by atoms with E-state index < -0.39 is 0 Å². The van der Waals surface area contributed by atoms with Crippen LogP contribution in [0, 0.1) is 0 Å². The number of anilines is 1. The maximum absolute atomic E-state index is 12.2. The number of para-hydroxylation sites is 1. The van der Waals surface area contributed by atoms with Crippen LogP contribution in [-0.2, 0) is 4.79 Å². The van der Waals surface area contributed by atoms with Crippen molar-refractivity contribution in [2.24, 2.45) is 0 Å². The average molecular weight is 442 g/mol. The molecule has 0 bridgehead atoms. The summed E-state index contributed by atoms with van der Waals surface area (Å²) in [6, 6.07) is 14.3. The molecule has 2 N–H and O–H groups in total. The standard InChI is InChI=1S/C21H23N5O2S2/c27-19(8-9-25-10-12-26(13-11-25)16-5-2-1-3-6-16)23-24-20(28)18-15-22-21(30-18)17-7-4-14-29-17/h1-7,14-15H,8-13H2,(H,23,27)(H,24,28). The first kappa shape index (κ1) is 20.5. The third-order valence-corrected chi connectivity index (χ3v) is 6.96. The van der Waals surface area contributed by atoms with Gasteiger partial charge in [-0.15, -0.1) is 22.7 Å². The predicted octanol–water partition coefficient (Wildman–Crippen LogP) is 2.84. The summed E-state index contributed by atoms with van der Waals surface area (Å²) >= 11 is 2.88. The highest BCUT2D eigenvalue weighted by Gasteiger charge is 2.18. The number of hydrogen-bond donors (Lipinski definition) is 2. The van der Waals surface area contributed by atoms with Crippen LogP contribution in [0.3, 0.4) is 0 Å². The van der Waals surface area contributed by atoms with Gasteiger partial charge < -0.3 is 4.90 Å². The molecule has 0 aliphatic carbocycles. The summed E-state index contributed by atoms with van der Waals surface area (Å²) in [4.78, 5) is 34.8. The van der Waals surface area contributed by atoms with Crippen molar-refractivity contribution in [3.05, 3.63) is 58.9 Å². The number of carbonyl (C=O) groups excluding carboxylic acids is 2. The third-order valence-electron chi connectivity index (χ3n) is 4.93. The van der Waals surface area contributed by atoms with Gasteiger partial charge in [-0.1, -0.05) is 24.3 Å². The molecule has 1 aromatic carbocycles. The van der Waals surface area contributed by atoms with E-state index in [0.29, 0.717) is 17.8 Å².